The number of benzene rings is 9. The third kappa shape index (κ3) is 5.26. The molecule has 5 heteroatoms. The zero-order valence-corrected chi connectivity index (χ0v) is 42.1. The Morgan fingerprint density at radius 3 is 1.81 bits per heavy atom. The maximum absolute atomic E-state index is 2.71. The largest absolute Gasteiger partial charge is 0.376 e. The van der Waals surface area contributed by atoms with E-state index in [0.29, 0.717) is 0 Å². The SMILES string of the molecule is Cc1ccc(N2B3c4cc(C)ccc4-n4c5cc6ccccc6cc5c5c(N6c7ccccc7C(C)(C)c7ccccc76)cc(c3c54)-c3cc4c(cc32)sc2cc3c(cc24)C(C)(C)CCC3(C)C)cc1. The lowest BCUT2D eigenvalue weighted by Crippen LogP contribution is -2.60. The van der Waals surface area contributed by atoms with Crippen molar-refractivity contribution in [2.24, 2.45) is 0 Å². The summed E-state index contributed by atoms with van der Waals surface area (Å²) in [5.41, 5.74) is 23.6. The van der Waals surface area contributed by atoms with Crippen LogP contribution in [0.25, 0.3) is 69.6 Å². The normalized spacial score (nSPS) is 16.7. The smallest absolute Gasteiger partial charge is 0.333 e. The highest BCUT2D eigenvalue weighted by atomic mass is 32.1. The number of thiophene rings is 1. The second-order valence-electron chi connectivity index (χ2n) is 22.9. The predicted molar refractivity (Wildman–Crippen MR) is 302 cm³/mol. The van der Waals surface area contributed by atoms with E-state index in [2.05, 4.69) is 227 Å². The third-order valence-electron chi connectivity index (χ3n) is 17.5. The van der Waals surface area contributed by atoms with Crippen LogP contribution in [-0.4, -0.2) is 11.4 Å². The van der Waals surface area contributed by atoms with Gasteiger partial charge >= 0.3 is 6.85 Å². The fourth-order valence-corrected chi connectivity index (χ4v) is 14.8. The first kappa shape index (κ1) is 40.8. The molecule has 0 unspecified atom stereocenters. The van der Waals surface area contributed by atoms with Gasteiger partial charge in [-0.05, 0) is 160 Å². The molecule has 15 rings (SSSR count). The number of hydrogen-bond acceptors (Lipinski definition) is 3. The van der Waals surface area contributed by atoms with Gasteiger partial charge in [0.25, 0.3) is 0 Å². The van der Waals surface area contributed by atoms with Crippen LogP contribution in [0, 0.1) is 13.8 Å². The molecular weight excluding hydrogens is 866 g/mol. The zero-order chi connectivity index (χ0) is 47.3. The highest BCUT2D eigenvalue weighted by Crippen LogP contribution is 2.57. The minimum absolute atomic E-state index is 0.0801. The van der Waals surface area contributed by atoms with Crippen molar-refractivity contribution in [3.05, 3.63) is 191 Å². The van der Waals surface area contributed by atoms with Gasteiger partial charge in [0.1, 0.15) is 0 Å². The van der Waals surface area contributed by atoms with E-state index < -0.39 is 0 Å². The molecule has 0 spiro atoms. The van der Waals surface area contributed by atoms with Gasteiger partial charge < -0.3 is 14.3 Å². The summed E-state index contributed by atoms with van der Waals surface area (Å²) in [7, 11) is 0. The van der Waals surface area contributed by atoms with Crippen LogP contribution >= 0.6 is 11.3 Å². The number of anilines is 5. The van der Waals surface area contributed by atoms with Gasteiger partial charge in [0.15, 0.2) is 0 Å². The Morgan fingerprint density at radius 2 is 1.10 bits per heavy atom. The second-order valence-corrected chi connectivity index (χ2v) is 24.0. The monoisotopic (exact) mass is 919 g/mol. The lowest BCUT2D eigenvalue weighted by atomic mass is 9.43. The van der Waals surface area contributed by atoms with E-state index in [9.17, 15) is 0 Å². The fourth-order valence-electron chi connectivity index (χ4n) is 13.7. The molecule has 4 aliphatic rings. The van der Waals surface area contributed by atoms with Crippen molar-refractivity contribution in [2.75, 3.05) is 9.71 Å². The van der Waals surface area contributed by atoms with E-state index in [1.54, 1.807) is 0 Å². The molecule has 0 radical (unpaired) electrons. The molecule has 0 bridgehead atoms. The van der Waals surface area contributed by atoms with Crippen LogP contribution in [0.1, 0.15) is 87.8 Å². The van der Waals surface area contributed by atoms with Gasteiger partial charge in [-0.1, -0.05) is 138 Å². The molecule has 9 aromatic carbocycles. The quantitative estimate of drug-likeness (QED) is 0.160. The summed E-state index contributed by atoms with van der Waals surface area (Å²) in [5, 5.41) is 7.82. The molecule has 0 saturated carbocycles. The van der Waals surface area contributed by atoms with E-state index in [0.717, 1.165) is 0 Å². The predicted octanol–water partition coefficient (Wildman–Crippen LogP) is 16.6. The van der Waals surface area contributed by atoms with Gasteiger partial charge in [-0.15, -0.1) is 11.3 Å². The summed E-state index contributed by atoms with van der Waals surface area (Å²) in [6, 6.07) is 61.7. The van der Waals surface area contributed by atoms with Gasteiger partial charge in [0.2, 0.25) is 0 Å². The topological polar surface area (TPSA) is 11.4 Å². The van der Waals surface area contributed by atoms with Crippen LogP contribution in [0.4, 0.5) is 28.4 Å². The van der Waals surface area contributed by atoms with Crippen LogP contribution in [0.5, 0.6) is 0 Å². The van der Waals surface area contributed by atoms with Crippen LogP contribution < -0.4 is 20.6 Å². The summed E-state index contributed by atoms with van der Waals surface area (Å²) in [6.45, 7) is 19.0. The Bertz CT molecular complexity index is 4100. The number of aryl methyl sites for hydroxylation is 2. The fraction of sp³-hybridized carbons (Fsp3) is 0.200. The van der Waals surface area contributed by atoms with Crippen molar-refractivity contribution in [1.82, 2.24) is 4.57 Å². The number of rotatable bonds is 2. The van der Waals surface area contributed by atoms with Crippen molar-refractivity contribution in [3.8, 4) is 16.8 Å². The summed E-state index contributed by atoms with van der Waals surface area (Å²) in [6.07, 6.45) is 2.40. The molecule has 0 N–H and O–H groups in total. The van der Waals surface area contributed by atoms with Gasteiger partial charge in [0, 0.05) is 59.0 Å². The van der Waals surface area contributed by atoms with Crippen LogP contribution in [0.2, 0.25) is 0 Å². The Kier molecular flexibility index (Phi) is 7.93. The number of hydrogen-bond donors (Lipinski definition) is 0. The standard InChI is InChI=1S/C65H54BN3S/c1-37-21-24-41(25-22-37)69-56-36-59-43(44-33-49-50(35-58(44)70-59)64(5,6)28-27-63(49,3)4)32-42(56)45-34-57(67-52-19-13-11-17-47(52)65(7,8)48-18-12-14-20-53(48)67)60-46-30-39-15-9-10-16-40(39)31-55(46)68-54-26-23-38(2)29-51(54)66(69)61(45)62(60)68/h9-26,29-36H,27-28H2,1-8H3. The average Bonchev–Trinajstić information content (AvgIpc) is 3.89. The number of aromatic nitrogens is 1. The maximum atomic E-state index is 2.71. The molecule has 0 saturated heterocycles. The highest BCUT2D eigenvalue weighted by Gasteiger charge is 2.47. The Labute approximate surface area is 414 Å². The Balaban J connectivity index is 1.15. The molecule has 2 aromatic heterocycles. The van der Waals surface area contributed by atoms with Gasteiger partial charge in [-0.25, -0.2) is 0 Å². The van der Waals surface area contributed by atoms with E-state index >= 15 is 0 Å². The Hall–Kier alpha value is -7.08. The van der Waals surface area contributed by atoms with Crippen LogP contribution in [0.3, 0.4) is 0 Å². The first-order chi connectivity index (χ1) is 33.8. The van der Waals surface area contributed by atoms with Gasteiger partial charge in [-0.3, -0.25) is 0 Å². The van der Waals surface area contributed by atoms with E-state index in [1.165, 1.54) is 155 Å². The van der Waals surface area contributed by atoms with Crippen molar-refractivity contribution < 1.29 is 0 Å². The molecule has 3 aliphatic heterocycles. The third-order valence-corrected chi connectivity index (χ3v) is 18.6. The van der Waals surface area contributed by atoms with Gasteiger partial charge in [0.05, 0.1) is 28.1 Å². The summed E-state index contributed by atoms with van der Waals surface area (Å²) < 4.78 is 5.39. The lowest BCUT2D eigenvalue weighted by Gasteiger charge is -2.44. The average molecular weight is 920 g/mol. The highest BCUT2D eigenvalue weighted by molar-refractivity contribution is 7.26. The molecule has 1 aliphatic carbocycles. The maximum Gasteiger partial charge on any atom is 0.333 e. The lowest BCUT2D eigenvalue weighted by molar-refractivity contribution is 0.332. The minimum atomic E-state index is -0.190. The molecule has 70 heavy (non-hydrogen) atoms. The molecule has 0 atom stereocenters. The summed E-state index contributed by atoms with van der Waals surface area (Å²) in [4.78, 5) is 5.34. The van der Waals surface area contributed by atoms with Crippen molar-refractivity contribution in [2.45, 2.75) is 84.5 Å². The molecule has 0 fully saturated rings. The summed E-state index contributed by atoms with van der Waals surface area (Å²) >= 11 is 1.98. The number of fused-ring (bicyclic) bond motifs is 15. The zero-order valence-electron chi connectivity index (χ0n) is 41.3. The minimum Gasteiger partial charge on any atom is -0.376 e. The van der Waals surface area contributed by atoms with E-state index in [-0.39, 0.29) is 23.1 Å². The molecule has 0 amide bonds. The summed E-state index contributed by atoms with van der Waals surface area (Å²) in [5.74, 6) is 0. The van der Waals surface area contributed by atoms with Crippen LogP contribution in [0.15, 0.2) is 158 Å². The Morgan fingerprint density at radius 1 is 0.486 bits per heavy atom. The molecular formula is C65H54BN3S. The second kappa shape index (κ2) is 13.6. The number of para-hydroxylation sites is 2. The number of nitrogens with zero attached hydrogens (tertiary/aromatic N) is 3. The molecule has 338 valence electrons. The van der Waals surface area contributed by atoms with Crippen molar-refractivity contribution >= 4 is 110 Å². The van der Waals surface area contributed by atoms with E-state index in [1.807, 2.05) is 11.3 Å². The van der Waals surface area contributed by atoms with Gasteiger partial charge in [-0.2, -0.15) is 0 Å². The first-order valence-electron chi connectivity index (χ1n) is 25.3. The first-order valence-corrected chi connectivity index (χ1v) is 26.1. The molecule has 11 aromatic rings. The van der Waals surface area contributed by atoms with E-state index in [4.69, 9.17) is 0 Å². The molecule has 3 nitrogen and oxygen atoms in total. The van der Waals surface area contributed by atoms with Crippen molar-refractivity contribution in [3.63, 3.8) is 0 Å². The van der Waals surface area contributed by atoms with Crippen LogP contribution in [-0.2, 0) is 16.2 Å². The van der Waals surface area contributed by atoms with Crippen molar-refractivity contribution in [1.29, 1.82) is 0 Å². The molecule has 5 heterocycles.